The van der Waals surface area contributed by atoms with E-state index >= 15 is 0 Å². The second-order valence-electron chi connectivity index (χ2n) is 6.07. The van der Waals surface area contributed by atoms with Crippen molar-refractivity contribution >= 4 is 29.9 Å². The molecule has 6 heteroatoms. The second kappa shape index (κ2) is 15.4. The first-order valence-corrected chi connectivity index (χ1v) is 9.08. The molecule has 1 rings (SSSR count). The van der Waals surface area contributed by atoms with Crippen molar-refractivity contribution in [2.45, 2.75) is 58.5 Å². The highest BCUT2D eigenvalue weighted by Crippen LogP contribution is 2.19. The lowest BCUT2D eigenvalue weighted by molar-refractivity contribution is 0.0468. The molecule has 0 radical (unpaired) electrons. The van der Waals surface area contributed by atoms with E-state index in [-0.39, 0.29) is 24.0 Å². The molecule has 0 aromatic carbocycles. The van der Waals surface area contributed by atoms with E-state index in [1.807, 2.05) is 0 Å². The van der Waals surface area contributed by atoms with Gasteiger partial charge < -0.3 is 20.3 Å². The van der Waals surface area contributed by atoms with Gasteiger partial charge in [-0.3, -0.25) is 4.99 Å². The Labute approximate surface area is 160 Å². The normalized spacial score (nSPS) is 16.8. The van der Waals surface area contributed by atoms with Crippen LogP contribution in [0.2, 0.25) is 0 Å². The highest BCUT2D eigenvalue weighted by Gasteiger charge is 2.12. The fourth-order valence-electron chi connectivity index (χ4n) is 2.64. The molecule has 1 aliphatic carbocycles. The Balaban J connectivity index is 0.00000484. The molecule has 0 unspecified atom stereocenters. The minimum absolute atomic E-state index is 0. The van der Waals surface area contributed by atoms with Crippen molar-refractivity contribution in [3.05, 3.63) is 0 Å². The summed E-state index contributed by atoms with van der Waals surface area (Å²) in [7, 11) is 2.12. The van der Waals surface area contributed by atoms with Crippen LogP contribution in [0, 0.1) is 0 Å². The molecule has 23 heavy (non-hydrogen) atoms. The van der Waals surface area contributed by atoms with Gasteiger partial charge in [-0.15, -0.1) is 24.0 Å². The molecule has 0 aromatic heterocycles. The number of rotatable bonds is 9. The van der Waals surface area contributed by atoms with Crippen molar-refractivity contribution in [2.75, 3.05) is 46.4 Å². The lowest BCUT2D eigenvalue weighted by Gasteiger charge is -2.17. The molecule has 0 atom stereocenters. The molecule has 0 amide bonds. The van der Waals surface area contributed by atoms with Crippen LogP contribution in [0.5, 0.6) is 0 Å². The van der Waals surface area contributed by atoms with Crippen LogP contribution in [0.15, 0.2) is 4.99 Å². The summed E-state index contributed by atoms with van der Waals surface area (Å²) in [5.41, 5.74) is 0. The zero-order valence-corrected chi connectivity index (χ0v) is 17.6. The van der Waals surface area contributed by atoms with E-state index in [1.165, 1.54) is 38.5 Å². The van der Waals surface area contributed by atoms with Crippen molar-refractivity contribution in [3.63, 3.8) is 0 Å². The molecular formula is C17H37IN4O. The number of aliphatic imine (C=N–C) groups is 1. The van der Waals surface area contributed by atoms with Gasteiger partial charge in [-0.25, -0.2) is 0 Å². The smallest absolute Gasteiger partial charge is 0.191 e. The predicted molar refractivity (Wildman–Crippen MR) is 110 cm³/mol. The highest BCUT2D eigenvalue weighted by atomic mass is 127. The quantitative estimate of drug-likeness (QED) is 0.190. The van der Waals surface area contributed by atoms with Gasteiger partial charge in [0.1, 0.15) is 0 Å². The molecule has 1 saturated carbocycles. The van der Waals surface area contributed by atoms with E-state index in [2.05, 4.69) is 41.4 Å². The second-order valence-corrected chi connectivity index (χ2v) is 6.07. The third kappa shape index (κ3) is 12.0. The first-order valence-electron chi connectivity index (χ1n) is 9.08. The third-order valence-corrected chi connectivity index (χ3v) is 4.19. The van der Waals surface area contributed by atoms with Crippen LogP contribution in [0.3, 0.4) is 0 Å². The zero-order valence-electron chi connectivity index (χ0n) is 15.3. The van der Waals surface area contributed by atoms with Crippen LogP contribution in [0.25, 0.3) is 0 Å². The maximum absolute atomic E-state index is 6.00. The van der Waals surface area contributed by atoms with Gasteiger partial charge in [0.25, 0.3) is 0 Å². The SMILES string of the molecule is CCNC(=NCCN(C)CC)NCCOC1CCCCCC1.I. The first kappa shape index (κ1) is 22.9. The minimum Gasteiger partial charge on any atom is -0.376 e. The van der Waals surface area contributed by atoms with Gasteiger partial charge in [0.2, 0.25) is 0 Å². The van der Waals surface area contributed by atoms with Gasteiger partial charge in [0.15, 0.2) is 5.96 Å². The molecule has 0 bridgehead atoms. The number of halogens is 1. The van der Waals surface area contributed by atoms with Crippen molar-refractivity contribution in [1.82, 2.24) is 15.5 Å². The highest BCUT2D eigenvalue weighted by molar-refractivity contribution is 14.0. The van der Waals surface area contributed by atoms with Gasteiger partial charge in [-0.05, 0) is 33.4 Å². The topological polar surface area (TPSA) is 48.9 Å². The number of guanidine groups is 1. The minimum atomic E-state index is 0. The molecule has 1 fully saturated rings. The summed E-state index contributed by atoms with van der Waals surface area (Å²) in [6.45, 7) is 9.62. The molecule has 0 saturated heterocycles. The maximum Gasteiger partial charge on any atom is 0.191 e. The molecule has 1 aliphatic rings. The van der Waals surface area contributed by atoms with Crippen LogP contribution in [-0.2, 0) is 4.74 Å². The van der Waals surface area contributed by atoms with Gasteiger partial charge in [-0.1, -0.05) is 32.6 Å². The van der Waals surface area contributed by atoms with E-state index < -0.39 is 0 Å². The Morgan fingerprint density at radius 1 is 1.13 bits per heavy atom. The third-order valence-electron chi connectivity index (χ3n) is 4.19. The van der Waals surface area contributed by atoms with Gasteiger partial charge >= 0.3 is 0 Å². The van der Waals surface area contributed by atoms with Crippen LogP contribution < -0.4 is 10.6 Å². The Morgan fingerprint density at radius 2 is 1.83 bits per heavy atom. The summed E-state index contributed by atoms with van der Waals surface area (Å²) in [5, 5.41) is 6.65. The molecule has 0 aromatic rings. The molecule has 2 N–H and O–H groups in total. The Bertz CT molecular complexity index is 294. The lowest BCUT2D eigenvalue weighted by Crippen LogP contribution is -2.39. The van der Waals surface area contributed by atoms with Gasteiger partial charge in [0, 0.05) is 19.6 Å². The summed E-state index contributed by atoms with van der Waals surface area (Å²) >= 11 is 0. The van der Waals surface area contributed by atoms with Crippen LogP contribution in [0.1, 0.15) is 52.4 Å². The van der Waals surface area contributed by atoms with Crippen molar-refractivity contribution < 1.29 is 4.74 Å². The van der Waals surface area contributed by atoms with Crippen LogP contribution in [0.4, 0.5) is 0 Å². The van der Waals surface area contributed by atoms with Gasteiger partial charge in [0.05, 0.1) is 19.3 Å². The van der Waals surface area contributed by atoms with Crippen LogP contribution >= 0.6 is 24.0 Å². The summed E-state index contributed by atoms with van der Waals surface area (Å²) in [4.78, 5) is 6.86. The van der Waals surface area contributed by atoms with E-state index in [9.17, 15) is 0 Å². The van der Waals surface area contributed by atoms with E-state index in [0.717, 1.165) is 45.3 Å². The number of hydrogen-bond acceptors (Lipinski definition) is 3. The Morgan fingerprint density at radius 3 is 2.43 bits per heavy atom. The molecule has 0 aliphatic heterocycles. The molecule has 0 spiro atoms. The number of nitrogens with zero attached hydrogens (tertiary/aromatic N) is 2. The maximum atomic E-state index is 6.00. The number of nitrogens with one attached hydrogen (secondary N) is 2. The van der Waals surface area contributed by atoms with E-state index in [0.29, 0.717) is 6.10 Å². The monoisotopic (exact) mass is 440 g/mol. The summed E-state index contributed by atoms with van der Waals surface area (Å²) < 4.78 is 6.00. The average molecular weight is 440 g/mol. The Kier molecular flexibility index (Phi) is 15.4. The van der Waals surface area contributed by atoms with Crippen molar-refractivity contribution in [3.8, 4) is 0 Å². The average Bonchev–Trinajstić information content (AvgIpc) is 2.80. The van der Waals surface area contributed by atoms with Crippen molar-refractivity contribution in [2.24, 2.45) is 4.99 Å². The van der Waals surface area contributed by atoms with E-state index in [4.69, 9.17) is 4.74 Å². The molecule has 5 nitrogen and oxygen atoms in total. The fraction of sp³-hybridized carbons (Fsp3) is 0.941. The fourth-order valence-corrected chi connectivity index (χ4v) is 2.64. The zero-order chi connectivity index (χ0) is 16.0. The largest absolute Gasteiger partial charge is 0.376 e. The van der Waals surface area contributed by atoms with Gasteiger partial charge in [-0.2, -0.15) is 0 Å². The molecule has 138 valence electrons. The predicted octanol–water partition coefficient (Wildman–Crippen LogP) is 2.85. The number of likely N-dealkylation sites (N-methyl/N-ethyl adjacent to an activating group) is 1. The molecular weight excluding hydrogens is 403 g/mol. The van der Waals surface area contributed by atoms with E-state index in [1.54, 1.807) is 0 Å². The first-order chi connectivity index (χ1) is 10.8. The summed E-state index contributed by atoms with van der Waals surface area (Å²) in [6, 6.07) is 0. The lowest BCUT2D eigenvalue weighted by atomic mass is 10.1. The van der Waals surface area contributed by atoms with Crippen LogP contribution in [-0.4, -0.2) is 63.3 Å². The van der Waals surface area contributed by atoms with Crippen molar-refractivity contribution in [1.29, 1.82) is 0 Å². The number of hydrogen-bond donors (Lipinski definition) is 2. The molecule has 0 heterocycles. The summed E-state index contributed by atoms with van der Waals surface area (Å²) in [6.07, 6.45) is 8.35. The standard InChI is InChI=1S/C17H36N4O.HI/c1-4-18-17(19-12-14-21(3)5-2)20-13-15-22-16-10-8-6-7-9-11-16;/h16H,4-15H2,1-3H3,(H2,18,19,20);1H. The number of ether oxygens (including phenoxy) is 1. The Hall–Kier alpha value is -0.0800. The summed E-state index contributed by atoms with van der Waals surface area (Å²) in [5.74, 6) is 0.900.